The summed E-state index contributed by atoms with van der Waals surface area (Å²) in [6.07, 6.45) is 0.988. The van der Waals surface area contributed by atoms with Crippen LogP contribution in [0.15, 0.2) is 18.2 Å². The number of amides is 2. The number of imidazole rings is 1. The Bertz CT molecular complexity index is 994. The molecule has 1 aromatic heterocycles. The number of carbonyl (C=O) groups excluding carboxylic acids is 2. The lowest BCUT2D eigenvalue weighted by Gasteiger charge is -2.33. The molecule has 1 aliphatic rings. The number of carbonyl (C=O) groups is 2. The van der Waals surface area contributed by atoms with E-state index in [2.05, 4.69) is 10.3 Å². The summed E-state index contributed by atoms with van der Waals surface area (Å²) in [5.74, 6) is 0.959. The van der Waals surface area contributed by atoms with E-state index in [-0.39, 0.29) is 44.4 Å². The van der Waals surface area contributed by atoms with Crippen LogP contribution in [0.4, 0.5) is 4.79 Å². The van der Waals surface area contributed by atoms with E-state index in [1.807, 2.05) is 37.5 Å². The first-order valence-corrected chi connectivity index (χ1v) is 12.0. The number of rotatable bonds is 10. The van der Waals surface area contributed by atoms with E-state index in [4.69, 9.17) is 25.1 Å². The fraction of sp³-hybridized carbons (Fsp3) is 0.625. The van der Waals surface area contributed by atoms with Crippen LogP contribution in [0, 0.1) is 0 Å². The Balaban J connectivity index is 1.53. The Kier molecular flexibility index (Phi) is 9.30. The highest BCUT2D eigenvalue weighted by molar-refractivity contribution is 5.84. The van der Waals surface area contributed by atoms with Gasteiger partial charge in [0.15, 0.2) is 6.61 Å². The molecule has 4 N–H and O–H groups in total. The molecule has 0 spiro atoms. The number of piperidine rings is 1. The third-order valence-corrected chi connectivity index (χ3v) is 5.57. The first-order valence-electron chi connectivity index (χ1n) is 12.0. The third-order valence-electron chi connectivity index (χ3n) is 5.57. The first-order chi connectivity index (χ1) is 16.7. The second-order valence-electron chi connectivity index (χ2n) is 9.44. The molecule has 1 aromatic carbocycles. The lowest BCUT2D eigenvalue weighted by molar-refractivity contribution is -0.124. The minimum atomic E-state index is -0.531. The van der Waals surface area contributed by atoms with E-state index in [1.165, 1.54) is 0 Å². The van der Waals surface area contributed by atoms with Crippen molar-refractivity contribution in [2.45, 2.75) is 58.3 Å². The van der Waals surface area contributed by atoms with Gasteiger partial charge in [-0.05, 0) is 45.7 Å². The molecule has 1 saturated heterocycles. The molecule has 2 aromatic rings. The van der Waals surface area contributed by atoms with Gasteiger partial charge in [0.2, 0.25) is 0 Å². The maximum absolute atomic E-state index is 12.5. The average Bonchev–Trinajstić information content (AvgIpc) is 3.18. The standard InChI is InChI=1S/C24H37N5O6/c1-24(2,3)35-23(32)28-9-7-17(8-10-28)26-21(31)16-34-19-6-4-5-18-22(19)27-20(15-25)29(18)11-13-33-14-12-30/h4-6,17,30H,7-16,25H2,1-3H3,(H,26,31). The number of hydrogen-bond acceptors (Lipinski definition) is 8. The molecule has 3 rings (SSSR count). The van der Waals surface area contributed by atoms with Crippen LogP contribution in [0.25, 0.3) is 11.0 Å². The smallest absolute Gasteiger partial charge is 0.410 e. The number of nitrogens with two attached hydrogens (primary N) is 1. The number of para-hydroxylation sites is 1. The fourth-order valence-electron chi connectivity index (χ4n) is 3.96. The van der Waals surface area contributed by atoms with Crippen molar-refractivity contribution in [2.75, 3.05) is 39.5 Å². The van der Waals surface area contributed by atoms with Crippen LogP contribution in [0.3, 0.4) is 0 Å². The summed E-state index contributed by atoms with van der Waals surface area (Å²) in [5, 5.41) is 11.9. The normalized spacial score (nSPS) is 14.8. The number of nitrogens with one attached hydrogen (secondary N) is 1. The summed E-state index contributed by atoms with van der Waals surface area (Å²) in [6, 6.07) is 5.51. The van der Waals surface area contributed by atoms with Crippen LogP contribution >= 0.6 is 0 Å². The molecule has 194 valence electrons. The highest BCUT2D eigenvalue weighted by Crippen LogP contribution is 2.26. The van der Waals surface area contributed by atoms with E-state index in [9.17, 15) is 9.59 Å². The monoisotopic (exact) mass is 491 g/mol. The molecule has 0 aliphatic carbocycles. The minimum Gasteiger partial charge on any atom is -0.481 e. The predicted octanol–water partition coefficient (Wildman–Crippen LogP) is 1.40. The Morgan fingerprint density at radius 1 is 1.23 bits per heavy atom. The van der Waals surface area contributed by atoms with Crippen LogP contribution in [0.1, 0.15) is 39.4 Å². The molecular formula is C24H37N5O6. The first kappa shape index (κ1) is 26.7. The van der Waals surface area contributed by atoms with Gasteiger partial charge in [0.05, 0.1) is 31.9 Å². The van der Waals surface area contributed by atoms with Crippen LogP contribution in [0.5, 0.6) is 5.75 Å². The number of nitrogens with zero attached hydrogens (tertiary/aromatic N) is 3. The zero-order valence-electron chi connectivity index (χ0n) is 20.8. The molecule has 0 bridgehead atoms. The summed E-state index contributed by atoms with van der Waals surface area (Å²) in [5.41, 5.74) is 6.82. The third kappa shape index (κ3) is 7.55. The quantitative estimate of drug-likeness (QED) is 0.424. The molecule has 1 aliphatic heterocycles. The Hall–Kier alpha value is -2.89. The summed E-state index contributed by atoms with van der Waals surface area (Å²) >= 11 is 0. The zero-order chi connectivity index (χ0) is 25.4. The summed E-state index contributed by atoms with van der Waals surface area (Å²) in [7, 11) is 0. The van der Waals surface area contributed by atoms with Crippen LogP contribution in [-0.2, 0) is 27.4 Å². The van der Waals surface area contributed by atoms with E-state index < -0.39 is 5.60 Å². The number of fused-ring (bicyclic) bond motifs is 1. The number of ether oxygens (including phenoxy) is 3. The minimum absolute atomic E-state index is 0.0254. The number of benzene rings is 1. The van der Waals surface area contributed by atoms with E-state index >= 15 is 0 Å². The van der Waals surface area contributed by atoms with Crippen LogP contribution < -0.4 is 15.8 Å². The van der Waals surface area contributed by atoms with Gasteiger partial charge in [0.1, 0.15) is 22.7 Å². The van der Waals surface area contributed by atoms with Crippen molar-refractivity contribution in [3.63, 3.8) is 0 Å². The number of aromatic nitrogens is 2. The van der Waals surface area contributed by atoms with Gasteiger partial charge < -0.3 is 39.8 Å². The molecular weight excluding hydrogens is 454 g/mol. The molecule has 1 fully saturated rings. The number of aliphatic hydroxyl groups excluding tert-OH is 1. The van der Waals surface area contributed by atoms with Crippen LogP contribution in [-0.4, -0.2) is 82.7 Å². The Labute approximate surface area is 205 Å². The molecule has 0 unspecified atom stereocenters. The maximum Gasteiger partial charge on any atom is 0.410 e. The number of hydrogen-bond donors (Lipinski definition) is 3. The number of aliphatic hydroxyl groups is 1. The van der Waals surface area contributed by atoms with Crippen molar-refractivity contribution in [3.8, 4) is 5.75 Å². The van der Waals surface area contributed by atoms with Gasteiger partial charge in [-0.25, -0.2) is 9.78 Å². The Morgan fingerprint density at radius 2 is 1.97 bits per heavy atom. The van der Waals surface area contributed by atoms with Gasteiger partial charge in [0, 0.05) is 25.7 Å². The molecule has 11 nitrogen and oxygen atoms in total. The van der Waals surface area contributed by atoms with Crippen molar-refractivity contribution < 1.29 is 28.9 Å². The van der Waals surface area contributed by atoms with Crippen molar-refractivity contribution in [1.82, 2.24) is 19.8 Å². The van der Waals surface area contributed by atoms with Gasteiger partial charge in [-0.2, -0.15) is 0 Å². The summed E-state index contributed by atoms with van der Waals surface area (Å²) in [4.78, 5) is 31.0. The topological polar surface area (TPSA) is 141 Å². The molecule has 35 heavy (non-hydrogen) atoms. The van der Waals surface area contributed by atoms with Gasteiger partial charge in [0.25, 0.3) is 5.91 Å². The molecule has 0 atom stereocenters. The molecule has 0 radical (unpaired) electrons. The van der Waals surface area contributed by atoms with E-state index in [0.717, 1.165) is 5.52 Å². The lowest BCUT2D eigenvalue weighted by atomic mass is 10.1. The van der Waals surface area contributed by atoms with Crippen molar-refractivity contribution >= 4 is 23.0 Å². The molecule has 2 amide bonds. The highest BCUT2D eigenvalue weighted by atomic mass is 16.6. The van der Waals surface area contributed by atoms with Crippen molar-refractivity contribution in [3.05, 3.63) is 24.0 Å². The van der Waals surface area contributed by atoms with Crippen molar-refractivity contribution in [1.29, 1.82) is 0 Å². The fourth-order valence-corrected chi connectivity index (χ4v) is 3.96. The average molecular weight is 492 g/mol. The van der Waals surface area contributed by atoms with Gasteiger partial charge in [-0.3, -0.25) is 4.79 Å². The summed E-state index contributed by atoms with van der Waals surface area (Å²) < 4.78 is 18.6. The molecule has 2 heterocycles. The maximum atomic E-state index is 12.5. The predicted molar refractivity (Wildman–Crippen MR) is 130 cm³/mol. The lowest BCUT2D eigenvalue weighted by Crippen LogP contribution is -2.48. The van der Waals surface area contributed by atoms with Gasteiger partial charge in [-0.15, -0.1) is 0 Å². The second kappa shape index (κ2) is 12.2. The number of likely N-dealkylation sites (tertiary alicyclic amines) is 1. The van der Waals surface area contributed by atoms with E-state index in [0.29, 0.717) is 56.2 Å². The largest absolute Gasteiger partial charge is 0.481 e. The second-order valence-corrected chi connectivity index (χ2v) is 9.44. The zero-order valence-corrected chi connectivity index (χ0v) is 20.8. The van der Waals surface area contributed by atoms with E-state index in [1.54, 1.807) is 11.0 Å². The Morgan fingerprint density at radius 3 is 2.63 bits per heavy atom. The van der Waals surface area contributed by atoms with Crippen molar-refractivity contribution in [2.24, 2.45) is 5.73 Å². The highest BCUT2D eigenvalue weighted by Gasteiger charge is 2.27. The molecule has 11 heteroatoms. The SMILES string of the molecule is CC(C)(C)OC(=O)N1CCC(NC(=O)COc2cccc3c2nc(CN)n3CCOCCO)CC1. The van der Waals surface area contributed by atoms with Gasteiger partial charge >= 0.3 is 6.09 Å². The van der Waals surface area contributed by atoms with Gasteiger partial charge in [-0.1, -0.05) is 6.07 Å². The van der Waals surface area contributed by atoms with Crippen LogP contribution in [0.2, 0.25) is 0 Å². The molecule has 0 saturated carbocycles. The summed E-state index contributed by atoms with van der Waals surface area (Å²) in [6.45, 7) is 7.88.